The van der Waals surface area contributed by atoms with E-state index >= 15 is 0 Å². The predicted molar refractivity (Wildman–Crippen MR) is 58.5 cm³/mol. The average molecular weight is 260 g/mol. The molecule has 0 aliphatic rings. The zero-order valence-corrected chi connectivity index (χ0v) is 9.49. The van der Waals surface area contributed by atoms with E-state index in [1.807, 2.05) is 0 Å². The van der Waals surface area contributed by atoms with Crippen LogP contribution in [0.3, 0.4) is 0 Å². The zero-order chi connectivity index (χ0) is 13.8. The van der Waals surface area contributed by atoms with Crippen molar-refractivity contribution in [1.82, 2.24) is 0 Å². The Labute approximate surface area is 101 Å². The number of methoxy groups -OCH3 is 1. The van der Waals surface area contributed by atoms with Crippen molar-refractivity contribution in [2.24, 2.45) is 0 Å². The smallest absolute Gasteiger partial charge is 0.413 e. The summed E-state index contributed by atoms with van der Waals surface area (Å²) >= 11 is 0. The molecule has 1 aromatic rings. The number of rotatable bonds is 4. The second kappa shape index (κ2) is 5.57. The Morgan fingerprint density at radius 2 is 1.89 bits per heavy atom. The van der Waals surface area contributed by atoms with Crippen molar-refractivity contribution in [3.05, 3.63) is 41.5 Å². The third-order valence-electron chi connectivity index (χ3n) is 2.22. The van der Waals surface area contributed by atoms with Crippen molar-refractivity contribution in [1.29, 1.82) is 0 Å². The average Bonchev–Trinajstić information content (AvgIpc) is 2.27. The van der Waals surface area contributed by atoms with Gasteiger partial charge in [0, 0.05) is 18.1 Å². The number of aliphatic carboxylic acids is 1. The first-order valence-electron chi connectivity index (χ1n) is 4.96. The van der Waals surface area contributed by atoms with Gasteiger partial charge in [0.2, 0.25) is 0 Å². The molecule has 0 fully saturated rings. The van der Waals surface area contributed by atoms with Crippen molar-refractivity contribution in [2.45, 2.75) is 12.6 Å². The zero-order valence-electron chi connectivity index (χ0n) is 9.49. The van der Waals surface area contributed by atoms with E-state index in [9.17, 15) is 18.0 Å². The Bertz CT molecular complexity index is 447. The molecule has 0 spiro atoms. The SMILES string of the molecule is COc1ccc(C/C(=C/C(=O)O)C(F)(F)F)cc1. The minimum absolute atomic E-state index is 0.185. The Hall–Kier alpha value is -1.98. The van der Waals surface area contributed by atoms with Crippen molar-refractivity contribution in [2.75, 3.05) is 7.11 Å². The normalized spacial score (nSPS) is 12.3. The summed E-state index contributed by atoms with van der Waals surface area (Å²) in [4.78, 5) is 10.4. The van der Waals surface area contributed by atoms with Crippen LogP contribution in [0.2, 0.25) is 0 Å². The summed E-state index contributed by atoms with van der Waals surface area (Å²) < 4.78 is 42.5. The molecule has 0 amide bonds. The summed E-state index contributed by atoms with van der Waals surface area (Å²) in [6, 6.07) is 5.95. The van der Waals surface area contributed by atoms with E-state index in [-0.39, 0.29) is 6.08 Å². The molecule has 0 radical (unpaired) electrons. The maximum absolute atomic E-state index is 12.6. The molecule has 0 unspecified atom stereocenters. The molecule has 1 rings (SSSR count). The van der Waals surface area contributed by atoms with Crippen LogP contribution in [0.25, 0.3) is 0 Å². The van der Waals surface area contributed by atoms with Gasteiger partial charge in [-0.05, 0) is 17.7 Å². The van der Waals surface area contributed by atoms with Gasteiger partial charge in [-0.25, -0.2) is 4.79 Å². The molecular formula is C12H11F3O3. The Morgan fingerprint density at radius 1 is 1.33 bits per heavy atom. The van der Waals surface area contributed by atoms with Crippen LogP contribution >= 0.6 is 0 Å². The first-order valence-corrected chi connectivity index (χ1v) is 4.96. The Kier molecular flexibility index (Phi) is 4.36. The van der Waals surface area contributed by atoms with E-state index in [1.54, 1.807) is 0 Å². The molecule has 0 saturated carbocycles. The van der Waals surface area contributed by atoms with Gasteiger partial charge in [0.15, 0.2) is 0 Å². The first kappa shape index (κ1) is 14.1. The van der Waals surface area contributed by atoms with Gasteiger partial charge in [-0.3, -0.25) is 0 Å². The number of carboxylic acid groups (broad SMARTS) is 1. The van der Waals surface area contributed by atoms with Gasteiger partial charge in [-0.2, -0.15) is 13.2 Å². The first-order chi connectivity index (χ1) is 8.32. The molecule has 0 aliphatic heterocycles. The van der Waals surface area contributed by atoms with Crippen LogP contribution in [-0.4, -0.2) is 24.4 Å². The predicted octanol–water partition coefficient (Wildman–Crippen LogP) is 2.81. The summed E-state index contributed by atoms with van der Waals surface area (Å²) in [7, 11) is 1.44. The Balaban J connectivity index is 2.93. The molecule has 0 aromatic heterocycles. The third kappa shape index (κ3) is 4.12. The number of halogens is 3. The topological polar surface area (TPSA) is 46.5 Å². The van der Waals surface area contributed by atoms with Gasteiger partial charge in [-0.1, -0.05) is 12.1 Å². The van der Waals surface area contributed by atoms with Gasteiger partial charge in [0.05, 0.1) is 7.11 Å². The summed E-state index contributed by atoms with van der Waals surface area (Å²) in [5.41, 5.74) is -0.735. The maximum Gasteiger partial charge on any atom is 0.413 e. The van der Waals surface area contributed by atoms with E-state index in [4.69, 9.17) is 9.84 Å². The molecule has 0 atom stereocenters. The summed E-state index contributed by atoms with van der Waals surface area (Å²) in [6.45, 7) is 0. The van der Waals surface area contributed by atoms with Crippen molar-refractivity contribution in [3.8, 4) is 5.75 Å². The van der Waals surface area contributed by atoms with E-state index in [0.29, 0.717) is 11.3 Å². The van der Waals surface area contributed by atoms with Crippen LogP contribution in [0, 0.1) is 0 Å². The molecule has 18 heavy (non-hydrogen) atoms. The van der Waals surface area contributed by atoms with Crippen LogP contribution in [-0.2, 0) is 11.2 Å². The molecule has 6 heteroatoms. The third-order valence-corrected chi connectivity index (χ3v) is 2.22. The quantitative estimate of drug-likeness (QED) is 0.847. The van der Waals surface area contributed by atoms with Crippen LogP contribution in [0.1, 0.15) is 5.56 Å². The van der Waals surface area contributed by atoms with Gasteiger partial charge in [0.25, 0.3) is 0 Å². The van der Waals surface area contributed by atoms with E-state index < -0.39 is 24.1 Å². The highest BCUT2D eigenvalue weighted by atomic mass is 19.4. The van der Waals surface area contributed by atoms with Gasteiger partial charge in [-0.15, -0.1) is 0 Å². The number of carboxylic acids is 1. The van der Waals surface area contributed by atoms with Gasteiger partial charge < -0.3 is 9.84 Å². The lowest BCUT2D eigenvalue weighted by atomic mass is 10.0. The number of alkyl halides is 3. The van der Waals surface area contributed by atoms with Crippen molar-refractivity contribution < 1.29 is 27.8 Å². The van der Waals surface area contributed by atoms with E-state index in [1.165, 1.54) is 31.4 Å². The lowest BCUT2D eigenvalue weighted by molar-refractivity contribution is -0.132. The maximum atomic E-state index is 12.6. The second-order valence-corrected chi connectivity index (χ2v) is 3.53. The number of hydrogen-bond acceptors (Lipinski definition) is 2. The highest BCUT2D eigenvalue weighted by Gasteiger charge is 2.34. The lowest BCUT2D eigenvalue weighted by Crippen LogP contribution is -2.15. The minimum Gasteiger partial charge on any atom is -0.497 e. The van der Waals surface area contributed by atoms with Gasteiger partial charge >= 0.3 is 12.1 Å². The summed E-state index contributed by atoms with van der Waals surface area (Å²) in [5.74, 6) is -1.09. The van der Waals surface area contributed by atoms with Crippen LogP contribution in [0.4, 0.5) is 13.2 Å². The van der Waals surface area contributed by atoms with Crippen molar-refractivity contribution in [3.63, 3.8) is 0 Å². The fourth-order valence-electron chi connectivity index (χ4n) is 1.35. The molecular weight excluding hydrogens is 249 g/mol. The molecule has 0 heterocycles. The van der Waals surface area contributed by atoms with E-state index in [2.05, 4.69) is 0 Å². The highest BCUT2D eigenvalue weighted by molar-refractivity contribution is 5.81. The lowest BCUT2D eigenvalue weighted by Gasteiger charge is -2.11. The van der Waals surface area contributed by atoms with Gasteiger partial charge in [0.1, 0.15) is 5.75 Å². The molecule has 0 saturated heterocycles. The molecule has 98 valence electrons. The summed E-state index contributed by atoms with van der Waals surface area (Å²) in [6.07, 6.45) is -4.96. The molecule has 1 aromatic carbocycles. The monoisotopic (exact) mass is 260 g/mol. The largest absolute Gasteiger partial charge is 0.497 e. The number of hydrogen-bond donors (Lipinski definition) is 1. The number of benzene rings is 1. The second-order valence-electron chi connectivity index (χ2n) is 3.53. The molecule has 3 nitrogen and oxygen atoms in total. The fraction of sp³-hybridized carbons (Fsp3) is 0.250. The minimum atomic E-state index is -4.65. The fourth-order valence-corrected chi connectivity index (χ4v) is 1.35. The standard InChI is InChI=1S/C12H11F3O3/c1-18-10-4-2-8(3-5-10)6-9(7-11(16)17)12(13,14)15/h2-5,7H,6H2,1H3,(H,16,17)/b9-7-. The highest BCUT2D eigenvalue weighted by Crippen LogP contribution is 2.28. The number of carbonyl (C=O) groups is 1. The Morgan fingerprint density at radius 3 is 2.28 bits per heavy atom. The van der Waals surface area contributed by atoms with Crippen molar-refractivity contribution >= 4 is 5.97 Å². The molecule has 0 aliphatic carbocycles. The van der Waals surface area contributed by atoms with Crippen LogP contribution in [0.5, 0.6) is 5.75 Å². The number of ether oxygens (including phenoxy) is 1. The van der Waals surface area contributed by atoms with Crippen LogP contribution < -0.4 is 4.74 Å². The molecule has 1 N–H and O–H groups in total. The molecule has 0 bridgehead atoms. The number of allylic oxidation sites excluding steroid dienone is 1. The summed E-state index contributed by atoms with van der Waals surface area (Å²) in [5, 5.41) is 8.41. The van der Waals surface area contributed by atoms with Crippen LogP contribution in [0.15, 0.2) is 35.9 Å². The van der Waals surface area contributed by atoms with E-state index in [0.717, 1.165) is 0 Å².